The molecule has 1 fully saturated rings. The van der Waals surface area contributed by atoms with Gasteiger partial charge in [-0.15, -0.1) is 0 Å². The molecular weight excluding hydrogens is 236 g/mol. The van der Waals surface area contributed by atoms with Gasteiger partial charge in [-0.2, -0.15) is 0 Å². The van der Waals surface area contributed by atoms with Crippen molar-refractivity contribution in [2.45, 2.75) is 65.5 Å². The van der Waals surface area contributed by atoms with Gasteiger partial charge in [0.2, 0.25) is 0 Å². The van der Waals surface area contributed by atoms with E-state index in [1.54, 1.807) is 0 Å². The molecule has 114 valence electrons. The van der Waals surface area contributed by atoms with Gasteiger partial charge in [-0.25, -0.2) is 0 Å². The molecular formula is C16H34N2O. The summed E-state index contributed by atoms with van der Waals surface area (Å²) in [5, 5.41) is 3.70. The van der Waals surface area contributed by atoms with Crippen LogP contribution in [0.2, 0.25) is 0 Å². The Balaban J connectivity index is 2.03. The smallest absolute Gasteiger partial charge is 0.0489 e. The molecule has 1 atom stereocenters. The fraction of sp³-hybridized carbons (Fsp3) is 1.00. The normalized spacial score (nSPS) is 22.1. The van der Waals surface area contributed by atoms with E-state index in [9.17, 15) is 0 Å². The molecule has 3 nitrogen and oxygen atoms in total. The standard InChI is InChI=1S/C16H34N2O/c1-14(2)13-19-12-6-9-17-16-7-5-10-18(11-8-16)15(3)4/h14-17H,5-13H2,1-4H3. The Bertz CT molecular complexity index is 219. The minimum atomic E-state index is 0.650. The molecule has 0 aromatic rings. The van der Waals surface area contributed by atoms with Crippen LogP contribution in [0.25, 0.3) is 0 Å². The highest BCUT2D eigenvalue weighted by molar-refractivity contribution is 4.76. The number of nitrogens with one attached hydrogen (secondary N) is 1. The van der Waals surface area contributed by atoms with Crippen LogP contribution in [-0.2, 0) is 4.74 Å². The highest BCUT2D eigenvalue weighted by Gasteiger charge is 2.17. The SMILES string of the molecule is CC(C)COCCCNC1CCCN(C(C)C)CC1. The molecule has 0 spiro atoms. The average Bonchev–Trinajstić information content (AvgIpc) is 2.58. The summed E-state index contributed by atoms with van der Waals surface area (Å²) in [6.07, 6.45) is 5.10. The van der Waals surface area contributed by atoms with Crippen LogP contribution in [-0.4, -0.2) is 49.8 Å². The van der Waals surface area contributed by atoms with Crippen molar-refractivity contribution < 1.29 is 4.74 Å². The highest BCUT2D eigenvalue weighted by atomic mass is 16.5. The maximum atomic E-state index is 5.61. The first-order valence-electron chi connectivity index (χ1n) is 8.14. The fourth-order valence-electron chi connectivity index (χ4n) is 2.64. The largest absolute Gasteiger partial charge is 0.381 e. The third-order valence-electron chi connectivity index (χ3n) is 3.84. The predicted octanol–water partition coefficient (Wildman–Crippen LogP) is 2.90. The van der Waals surface area contributed by atoms with Crippen molar-refractivity contribution in [1.29, 1.82) is 0 Å². The van der Waals surface area contributed by atoms with Gasteiger partial charge in [-0.1, -0.05) is 13.8 Å². The first kappa shape index (κ1) is 16.9. The van der Waals surface area contributed by atoms with E-state index >= 15 is 0 Å². The molecule has 0 aliphatic carbocycles. The zero-order valence-electron chi connectivity index (χ0n) is 13.5. The lowest BCUT2D eigenvalue weighted by atomic mass is 10.1. The lowest BCUT2D eigenvalue weighted by Gasteiger charge is -2.24. The molecule has 3 heteroatoms. The monoisotopic (exact) mass is 270 g/mol. The Morgan fingerprint density at radius 3 is 2.63 bits per heavy atom. The second-order valence-corrected chi connectivity index (χ2v) is 6.53. The van der Waals surface area contributed by atoms with Crippen molar-refractivity contribution in [2.24, 2.45) is 5.92 Å². The molecule has 1 aliphatic heterocycles. The van der Waals surface area contributed by atoms with Crippen LogP contribution >= 0.6 is 0 Å². The highest BCUT2D eigenvalue weighted by Crippen LogP contribution is 2.13. The Morgan fingerprint density at radius 1 is 1.16 bits per heavy atom. The third-order valence-corrected chi connectivity index (χ3v) is 3.84. The number of rotatable bonds is 8. The molecule has 1 heterocycles. The van der Waals surface area contributed by atoms with E-state index in [0.29, 0.717) is 18.0 Å². The molecule has 0 bridgehead atoms. The van der Waals surface area contributed by atoms with Crippen LogP contribution in [0.4, 0.5) is 0 Å². The van der Waals surface area contributed by atoms with E-state index in [1.807, 2.05) is 0 Å². The predicted molar refractivity (Wildman–Crippen MR) is 82.6 cm³/mol. The lowest BCUT2D eigenvalue weighted by molar-refractivity contribution is 0.107. The number of ether oxygens (including phenoxy) is 1. The Hall–Kier alpha value is -0.120. The van der Waals surface area contributed by atoms with E-state index in [1.165, 1.54) is 32.4 Å². The van der Waals surface area contributed by atoms with Gasteiger partial charge in [0.25, 0.3) is 0 Å². The van der Waals surface area contributed by atoms with Crippen molar-refractivity contribution >= 4 is 0 Å². The Morgan fingerprint density at radius 2 is 1.95 bits per heavy atom. The molecule has 0 amide bonds. The van der Waals surface area contributed by atoms with Crippen LogP contribution < -0.4 is 5.32 Å². The molecule has 0 aromatic carbocycles. The fourth-order valence-corrected chi connectivity index (χ4v) is 2.64. The van der Waals surface area contributed by atoms with E-state index < -0.39 is 0 Å². The molecule has 1 aliphatic rings. The van der Waals surface area contributed by atoms with Crippen LogP contribution in [0.15, 0.2) is 0 Å². The summed E-state index contributed by atoms with van der Waals surface area (Å²) in [7, 11) is 0. The first-order valence-corrected chi connectivity index (χ1v) is 8.14. The molecule has 0 aromatic heterocycles. The Kier molecular flexibility index (Phi) is 8.67. The average molecular weight is 270 g/mol. The Labute approximate surface area is 120 Å². The summed E-state index contributed by atoms with van der Waals surface area (Å²) in [5.41, 5.74) is 0. The number of hydrogen-bond donors (Lipinski definition) is 1. The van der Waals surface area contributed by atoms with Gasteiger partial charge >= 0.3 is 0 Å². The number of hydrogen-bond acceptors (Lipinski definition) is 3. The summed E-state index contributed by atoms with van der Waals surface area (Å²) in [6.45, 7) is 14.4. The van der Waals surface area contributed by atoms with E-state index in [0.717, 1.165) is 26.2 Å². The van der Waals surface area contributed by atoms with Gasteiger partial charge in [0, 0.05) is 25.3 Å². The van der Waals surface area contributed by atoms with Gasteiger partial charge < -0.3 is 15.0 Å². The van der Waals surface area contributed by atoms with Crippen LogP contribution in [0.5, 0.6) is 0 Å². The van der Waals surface area contributed by atoms with E-state index in [2.05, 4.69) is 37.9 Å². The molecule has 0 radical (unpaired) electrons. The van der Waals surface area contributed by atoms with Crippen LogP contribution in [0.3, 0.4) is 0 Å². The molecule has 1 unspecified atom stereocenters. The van der Waals surface area contributed by atoms with Crippen LogP contribution in [0, 0.1) is 5.92 Å². The quantitative estimate of drug-likeness (QED) is 0.686. The van der Waals surface area contributed by atoms with Crippen molar-refractivity contribution in [2.75, 3.05) is 32.8 Å². The number of likely N-dealkylation sites (tertiary alicyclic amines) is 1. The second-order valence-electron chi connectivity index (χ2n) is 6.53. The summed E-state index contributed by atoms with van der Waals surface area (Å²) in [5.74, 6) is 0.650. The molecule has 0 saturated carbocycles. The van der Waals surface area contributed by atoms with E-state index in [-0.39, 0.29) is 0 Å². The topological polar surface area (TPSA) is 24.5 Å². The van der Waals surface area contributed by atoms with E-state index in [4.69, 9.17) is 4.74 Å². The second kappa shape index (κ2) is 9.73. The van der Waals surface area contributed by atoms with Gasteiger partial charge in [-0.05, 0) is 65.1 Å². The lowest BCUT2D eigenvalue weighted by Crippen LogP contribution is -2.34. The molecule has 19 heavy (non-hydrogen) atoms. The first-order chi connectivity index (χ1) is 9.09. The minimum absolute atomic E-state index is 0.650. The van der Waals surface area contributed by atoms with Crippen molar-refractivity contribution in [3.8, 4) is 0 Å². The van der Waals surface area contributed by atoms with Gasteiger partial charge in [0.1, 0.15) is 0 Å². The maximum Gasteiger partial charge on any atom is 0.0489 e. The van der Waals surface area contributed by atoms with Gasteiger partial charge in [0.15, 0.2) is 0 Å². The minimum Gasteiger partial charge on any atom is -0.381 e. The van der Waals surface area contributed by atoms with Gasteiger partial charge in [0.05, 0.1) is 0 Å². The summed E-state index contributed by atoms with van der Waals surface area (Å²) < 4.78 is 5.61. The summed E-state index contributed by atoms with van der Waals surface area (Å²) in [4.78, 5) is 2.60. The summed E-state index contributed by atoms with van der Waals surface area (Å²) >= 11 is 0. The number of nitrogens with zero attached hydrogens (tertiary/aromatic N) is 1. The maximum absolute atomic E-state index is 5.61. The van der Waals surface area contributed by atoms with Crippen molar-refractivity contribution in [3.05, 3.63) is 0 Å². The zero-order chi connectivity index (χ0) is 14.1. The van der Waals surface area contributed by atoms with Crippen molar-refractivity contribution in [1.82, 2.24) is 10.2 Å². The van der Waals surface area contributed by atoms with Gasteiger partial charge in [-0.3, -0.25) is 0 Å². The molecule has 1 N–H and O–H groups in total. The molecule has 1 saturated heterocycles. The summed E-state index contributed by atoms with van der Waals surface area (Å²) in [6, 6.07) is 1.41. The third kappa shape index (κ3) is 7.91. The zero-order valence-corrected chi connectivity index (χ0v) is 13.5. The van der Waals surface area contributed by atoms with Crippen LogP contribution in [0.1, 0.15) is 53.4 Å². The van der Waals surface area contributed by atoms with Crippen molar-refractivity contribution in [3.63, 3.8) is 0 Å². The molecule has 1 rings (SSSR count).